The van der Waals surface area contributed by atoms with Crippen molar-refractivity contribution in [1.82, 2.24) is 54.4 Å². The van der Waals surface area contributed by atoms with Gasteiger partial charge in [-0.2, -0.15) is 0 Å². The maximum absolute atomic E-state index is 13.2. The van der Waals surface area contributed by atoms with Gasteiger partial charge in [0.1, 0.15) is 17.2 Å². The lowest BCUT2D eigenvalue weighted by Gasteiger charge is -2.10. The average molecular weight is 925 g/mol. The van der Waals surface area contributed by atoms with E-state index in [1.807, 2.05) is 19.0 Å². The second kappa shape index (κ2) is 23.1. The zero-order valence-corrected chi connectivity index (χ0v) is 38.1. The SMILES string of the molecule is CN(C)CCCNC(=O)CCNC(=O)c1cc(NC(=O)c2nc(NC(=O)CCNC(=O)c3ccc(NC(=O)c4nc(NC(=O)CCNC(=O)c5ccccc5N)cn4C)n3C)cn2C)cn1C. The van der Waals surface area contributed by atoms with Crippen LogP contribution < -0.4 is 48.3 Å². The molecule has 0 spiro atoms. The predicted molar refractivity (Wildman–Crippen MR) is 248 cm³/mol. The maximum atomic E-state index is 13.2. The molecule has 4 heterocycles. The molecule has 0 radical (unpaired) electrons. The molecule has 10 N–H and O–H groups in total. The highest BCUT2D eigenvalue weighted by Crippen LogP contribution is 2.18. The van der Waals surface area contributed by atoms with Crippen LogP contribution in [0.3, 0.4) is 0 Å². The molecule has 0 unspecified atom stereocenters. The van der Waals surface area contributed by atoms with Crippen molar-refractivity contribution in [3.63, 3.8) is 0 Å². The van der Waals surface area contributed by atoms with Crippen molar-refractivity contribution >= 4 is 76.1 Å². The van der Waals surface area contributed by atoms with Crippen LogP contribution in [0.5, 0.6) is 0 Å². The van der Waals surface area contributed by atoms with Crippen molar-refractivity contribution in [3.8, 4) is 0 Å². The largest absolute Gasteiger partial charge is 0.398 e. The number of hydrogen-bond donors (Lipinski definition) is 9. The minimum absolute atomic E-state index is 0.0261. The molecule has 356 valence electrons. The molecule has 0 saturated heterocycles. The fourth-order valence-electron chi connectivity index (χ4n) is 6.53. The predicted octanol–water partition coefficient (Wildman–Crippen LogP) is 0.622. The van der Waals surface area contributed by atoms with Gasteiger partial charge in [0, 0.05) is 97.9 Å². The summed E-state index contributed by atoms with van der Waals surface area (Å²) in [5.41, 5.74) is 7.21. The van der Waals surface area contributed by atoms with Crippen LogP contribution >= 0.6 is 0 Å². The van der Waals surface area contributed by atoms with Gasteiger partial charge in [0.2, 0.25) is 29.4 Å². The van der Waals surface area contributed by atoms with Crippen molar-refractivity contribution in [2.45, 2.75) is 25.7 Å². The fourth-order valence-corrected chi connectivity index (χ4v) is 6.53. The third-order valence-electron chi connectivity index (χ3n) is 10.0. The Hall–Kier alpha value is -8.28. The molecule has 0 aliphatic rings. The Bertz CT molecular complexity index is 2640. The van der Waals surface area contributed by atoms with E-state index in [9.17, 15) is 38.4 Å². The molecule has 0 aliphatic heterocycles. The Labute approximate surface area is 385 Å². The molecule has 5 aromatic rings. The molecule has 0 aliphatic carbocycles. The number of carbonyl (C=O) groups is 8. The summed E-state index contributed by atoms with van der Waals surface area (Å²) in [5, 5.41) is 21.4. The number of imidazole rings is 2. The maximum Gasteiger partial charge on any atom is 0.292 e. The summed E-state index contributed by atoms with van der Waals surface area (Å²) in [6, 6.07) is 11.1. The van der Waals surface area contributed by atoms with Crippen molar-refractivity contribution in [1.29, 1.82) is 0 Å². The van der Waals surface area contributed by atoms with Crippen LogP contribution in [-0.4, -0.2) is 127 Å². The van der Waals surface area contributed by atoms with E-state index in [4.69, 9.17) is 5.73 Å². The Morgan fingerprint density at radius 1 is 0.567 bits per heavy atom. The van der Waals surface area contributed by atoms with Gasteiger partial charge < -0.3 is 71.4 Å². The van der Waals surface area contributed by atoms with E-state index in [-0.39, 0.29) is 85.3 Å². The Kier molecular flexibility index (Phi) is 17.1. The number of rotatable bonds is 22. The Morgan fingerprint density at radius 2 is 1.10 bits per heavy atom. The first-order valence-corrected chi connectivity index (χ1v) is 21.1. The van der Waals surface area contributed by atoms with E-state index in [0.29, 0.717) is 23.5 Å². The van der Waals surface area contributed by atoms with E-state index >= 15 is 0 Å². The molecule has 5 rings (SSSR count). The van der Waals surface area contributed by atoms with Crippen LogP contribution in [0.25, 0.3) is 0 Å². The second-order valence-corrected chi connectivity index (χ2v) is 15.6. The quantitative estimate of drug-likeness (QED) is 0.0341. The summed E-state index contributed by atoms with van der Waals surface area (Å²) < 4.78 is 5.81. The van der Waals surface area contributed by atoms with E-state index in [1.54, 1.807) is 58.7 Å². The van der Waals surface area contributed by atoms with Gasteiger partial charge in [0.05, 0.1) is 11.3 Å². The highest BCUT2D eigenvalue weighted by molar-refractivity contribution is 6.05. The van der Waals surface area contributed by atoms with E-state index in [0.717, 1.165) is 13.0 Å². The summed E-state index contributed by atoms with van der Waals surface area (Å²) in [7, 11) is 10.3. The van der Waals surface area contributed by atoms with Gasteiger partial charge in [-0.3, -0.25) is 38.4 Å². The number of benzene rings is 1. The lowest BCUT2D eigenvalue weighted by atomic mass is 10.1. The van der Waals surface area contributed by atoms with Gasteiger partial charge in [-0.25, -0.2) is 9.97 Å². The van der Waals surface area contributed by atoms with Crippen molar-refractivity contribution in [2.75, 3.05) is 73.8 Å². The number of aromatic nitrogens is 6. The van der Waals surface area contributed by atoms with E-state index < -0.39 is 41.4 Å². The molecule has 24 nitrogen and oxygen atoms in total. The van der Waals surface area contributed by atoms with Gasteiger partial charge in [-0.05, 0) is 57.4 Å². The van der Waals surface area contributed by atoms with Gasteiger partial charge in [-0.15, -0.1) is 0 Å². The minimum atomic E-state index is -0.619. The van der Waals surface area contributed by atoms with Crippen LogP contribution in [0, 0.1) is 0 Å². The highest BCUT2D eigenvalue weighted by Gasteiger charge is 2.21. The second-order valence-electron chi connectivity index (χ2n) is 15.6. The average Bonchev–Trinajstić information content (AvgIpc) is 4.03. The molecular formula is C43H56N16O8. The number of nitrogens with two attached hydrogens (primary N) is 1. The number of anilines is 5. The van der Waals surface area contributed by atoms with Gasteiger partial charge >= 0.3 is 0 Å². The smallest absolute Gasteiger partial charge is 0.292 e. The van der Waals surface area contributed by atoms with Crippen LogP contribution in [0.15, 0.2) is 61.1 Å². The van der Waals surface area contributed by atoms with Crippen molar-refractivity contribution in [2.24, 2.45) is 28.2 Å². The number of amides is 8. The highest BCUT2D eigenvalue weighted by atomic mass is 16.2. The Morgan fingerprint density at radius 3 is 1.69 bits per heavy atom. The normalized spacial score (nSPS) is 10.9. The molecule has 24 heteroatoms. The molecule has 0 saturated carbocycles. The van der Waals surface area contributed by atoms with Gasteiger partial charge in [0.15, 0.2) is 11.6 Å². The monoisotopic (exact) mass is 924 g/mol. The van der Waals surface area contributed by atoms with Crippen LogP contribution in [0.4, 0.5) is 28.8 Å². The molecule has 8 amide bonds. The van der Waals surface area contributed by atoms with E-state index in [1.165, 1.54) is 48.9 Å². The zero-order chi connectivity index (χ0) is 48.8. The minimum Gasteiger partial charge on any atom is -0.398 e. The van der Waals surface area contributed by atoms with Crippen LogP contribution in [0.2, 0.25) is 0 Å². The third kappa shape index (κ3) is 14.1. The third-order valence-corrected chi connectivity index (χ3v) is 10.0. The van der Waals surface area contributed by atoms with E-state index in [2.05, 4.69) is 52.5 Å². The number of nitrogens with zero attached hydrogens (tertiary/aromatic N) is 7. The van der Waals surface area contributed by atoms with Crippen molar-refractivity contribution in [3.05, 3.63) is 89.7 Å². The number of hydrogen-bond acceptors (Lipinski definition) is 12. The molecular weight excluding hydrogens is 869 g/mol. The summed E-state index contributed by atoms with van der Waals surface area (Å²) in [6.45, 7) is 1.52. The summed E-state index contributed by atoms with van der Waals surface area (Å²) in [6.07, 6.45) is 5.19. The van der Waals surface area contributed by atoms with Crippen LogP contribution in [0.1, 0.15) is 78.3 Å². The molecule has 67 heavy (non-hydrogen) atoms. The number of nitrogen functional groups attached to an aromatic ring is 1. The number of para-hydroxylation sites is 1. The number of carbonyl (C=O) groups excluding carboxylic acids is 8. The molecule has 4 aromatic heterocycles. The number of aryl methyl sites for hydroxylation is 3. The lowest BCUT2D eigenvalue weighted by Crippen LogP contribution is -2.32. The van der Waals surface area contributed by atoms with Crippen LogP contribution in [-0.2, 0) is 42.6 Å². The standard InChI is InChI=1S/C43H56N16O8/c1-55(2)21-9-17-45-34(60)14-18-48-41(65)30-22-26(23-56(30)3)49-42(66)37-52-31(24-57(37)4)50-36(62)16-20-47-40(64)29-12-13-33(59(29)6)54-43(67)38-53-32(25-58(38)5)51-35(61)15-19-46-39(63)27-10-7-8-11-28(27)44/h7-8,10-13,22-25H,9,14-21,44H2,1-6H3,(H,45,60)(H,46,63)(H,47,64)(H,48,65)(H,49,66)(H,50,62)(H,51,61)(H,54,67). The topological polar surface area (TPSA) is 308 Å². The first-order chi connectivity index (χ1) is 31.9. The summed E-state index contributed by atoms with van der Waals surface area (Å²) in [5.74, 6) is -3.25. The summed E-state index contributed by atoms with van der Waals surface area (Å²) >= 11 is 0. The first kappa shape index (κ1) is 49.7. The fraction of sp³-hybridized carbons (Fsp3) is 0.349. The lowest BCUT2D eigenvalue weighted by molar-refractivity contribution is -0.121. The summed E-state index contributed by atoms with van der Waals surface area (Å²) in [4.78, 5) is 112. The molecule has 0 atom stereocenters. The van der Waals surface area contributed by atoms with Gasteiger partial charge in [-0.1, -0.05) is 12.1 Å². The molecule has 1 aromatic carbocycles. The first-order valence-electron chi connectivity index (χ1n) is 21.1. The zero-order valence-electron chi connectivity index (χ0n) is 38.1. The number of nitrogens with one attached hydrogen (secondary N) is 8. The van der Waals surface area contributed by atoms with Crippen molar-refractivity contribution < 1.29 is 38.4 Å². The van der Waals surface area contributed by atoms with Gasteiger partial charge in [0.25, 0.3) is 29.5 Å². The molecule has 0 bridgehead atoms. The Balaban J connectivity index is 1.03. The molecule has 0 fully saturated rings.